The largest absolute Gasteiger partial charge is 0.482 e. The molecule has 1 aliphatic rings. The number of hydrogen-bond acceptors (Lipinski definition) is 4. The van der Waals surface area contributed by atoms with Gasteiger partial charge in [-0.15, -0.1) is 0 Å². The molecule has 2 aromatic carbocycles. The number of benzene rings is 2. The van der Waals surface area contributed by atoms with Crippen LogP contribution in [-0.4, -0.2) is 11.4 Å². The van der Waals surface area contributed by atoms with Crippen LogP contribution < -0.4 is 10.2 Å². The Kier molecular flexibility index (Phi) is 5.28. The first-order valence-corrected chi connectivity index (χ1v) is 9.34. The van der Waals surface area contributed by atoms with Crippen LogP contribution in [0.3, 0.4) is 0 Å². The molecule has 5 heteroatoms. The molecule has 1 aromatic heterocycles. The van der Waals surface area contributed by atoms with Crippen molar-refractivity contribution in [2.45, 2.75) is 26.1 Å². The van der Waals surface area contributed by atoms with Gasteiger partial charge in [-0.1, -0.05) is 54.1 Å². The van der Waals surface area contributed by atoms with Gasteiger partial charge in [0.1, 0.15) is 18.6 Å². The summed E-state index contributed by atoms with van der Waals surface area (Å²) in [5.74, 6) is 0.840. The van der Waals surface area contributed by atoms with Gasteiger partial charge in [-0.25, -0.2) is 0 Å². The summed E-state index contributed by atoms with van der Waals surface area (Å²) in [6.07, 6.45) is 2.41. The molecule has 138 valence electrons. The lowest BCUT2D eigenvalue weighted by molar-refractivity contribution is 0.220. The van der Waals surface area contributed by atoms with E-state index in [0.717, 1.165) is 25.1 Å². The number of fused-ring (bicyclic) bond motifs is 1. The number of nitrogens with zero attached hydrogens (tertiary/aromatic N) is 1. The maximum atomic E-state index is 12.3. The van der Waals surface area contributed by atoms with Crippen molar-refractivity contribution in [1.82, 2.24) is 4.90 Å². The zero-order valence-corrected chi connectivity index (χ0v) is 15.6. The van der Waals surface area contributed by atoms with Crippen molar-refractivity contribution in [2.24, 2.45) is 0 Å². The quantitative estimate of drug-likeness (QED) is 0.655. The van der Waals surface area contributed by atoms with E-state index in [2.05, 4.69) is 29.2 Å². The van der Waals surface area contributed by atoms with Gasteiger partial charge in [-0.05, 0) is 23.6 Å². The highest BCUT2D eigenvalue weighted by Gasteiger charge is 2.17. The lowest BCUT2D eigenvalue weighted by Gasteiger charge is -2.28. The van der Waals surface area contributed by atoms with Crippen molar-refractivity contribution < 1.29 is 9.15 Å². The molecule has 0 aliphatic carbocycles. The van der Waals surface area contributed by atoms with Crippen molar-refractivity contribution in [2.75, 3.05) is 6.54 Å². The van der Waals surface area contributed by atoms with E-state index in [9.17, 15) is 4.79 Å². The van der Waals surface area contributed by atoms with E-state index in [1.165, 1.54) is 23.5 Å². The van der Waals surface area contributed by atoms with Gasteiger partial charge in [0.15, 0.2) is 0 Å². The first-order chi connectivity index (χ1) is 13.2. The van der Waals surface area contributed by atoms with E-state index in [1.807, 2.05) is 18.2 Å². The molecule has 0 saturated carbocycles. The van der Waals surface area contributed by atoms with E-state index in [4.69, 9.17) is 20.8 Å². The molecule has 0 bridgehead atoms. The van der Waals surface area contributed by atoms with Crippen LogP contribution in [0.4, 0.5) is 0 Å². The van der Waals surface area contributed by atoms with Crippen LogP contribution in [0, 0.1) is 0 Å². The maximum absolute atomic E-state index is 12.3. The summed E-state index contributed by atoms with van der Waals surface area (Å²) >= 11 is 6.11. The van der Waals surface area contributed by atoms with Crippen LogP contribution in [0.5, 0.6) is 5.75 Å². The van der Waals surface area contributed by atoms with Crippen LogP contribution in [0.2, 0.25) is 5.02 Å². The zero-order chi connectivity index (χ0) is 18.6. The first-order valence-electron chi connectivity index (χ1n) is 8.96. The van der Waals surface area contributed by atoms with Crippen molar-refractivity contribution in [3.8, 4) is 5.75 Å². The Bertz CT molecular complexity index is 999. The van der Waals surface area contributed by atoms with E-state index >= 15 is 0 Å². The molecule has 2 heterocycles. The fourth-order valence-electron chi connectivity index (χ4n) is 3.31. The second kappa shape index (κ2) is 7.99. The SMILES string of the molecule is O=c1cc(CN2CCc3ccccc3C2)occ1OCc1ccccc1Cl. The standard InChI is InChI=1S/C22H20ClNO3/c23-20-8-4-3-7-18(20)14-27-22-15-26-19(11-21(22)25)13-24-10-9-16-5-1-2-6-17(16)12-24/h1-8,11,15H,9-10,12-14H2. The van der Waals surface area contributed by atoms with Gasteiger partial charge in [-0.3, -0.25) is 9.69 Å². The predicted molar refractivity (Wildman–Crippen MR) is 105 cm³/mol. The molecule has 0 saturated heterocycles. The Labute approximate surface area is 163 Å². The molecular weight excluding hydrogens is 362 g/mol. The molecule has 0 unspecified atom stereocenters. The molecule has 0 N–H and O–H groups in total. The fourth-order valence-corrected chi connectivity index (χ4v) is 3.50. The Morgan fingerprint density at radius 2 is 1.85 bits per heavy atom. The average molecular weight is 382 g/mol. The minimum Gasteiger partial charge on any atom is -0.482 e. The molecule has 4 rings (SSSR count). The normalized spacial score (nSPS) is 14.0. The van der Waals surface area contributed by atoms with Crippen LogP contribution in [-0.2, 0) is 26.1 Å². The minimum atomic E-state index is -0.180. The molecule has 27 heavy (non-hydrogen) atoms. The molecular formula is C22H20ClNO3. The molecule has 4 nitrogen and oxygen atoms in total. The highest BCUT2D eigenvalue weighted by atomic mass is 35.5. The highest BCUT2D eigenvalue weighted by molar-refractivity contribution is 6.31. The van der Waals surface area contributed by atoms with Crippen molar-refractivity contribution in [3.63, 3.8) is 0 Å². The van der Waals surface area contributed by atoms with Gasteiger partial charge in [0.25, 0.3) is 0 Å². The molecule has 0 spiro atoms. The lowest BCUT2D eigenvalue weighted by atomic mass is 10.00. The van der Waals surface area contributed by atoms with Crippen molar-refractivity contribution in [3.05, 3.63) is 98.6 Å². The van der Waals surface area contributed by atoms with E-state index in [1.54, 1.807) is 6.07 Å². The van der Waals surface area contributed by atoms with Crippen molar-refractivity contribution >= 4 is 11.6 Å². The van der Waals surface area contributed by atoms with Gasteiger partial charge in [0.05, 0.1) is 6.54 Å². The van der Waals surface area contributed by atoms with E-state index in [0.29, 0.717) is 17.3 Å². The third-order valence-electron chi connectivity index (χ3n) is 4.78. The van der Waals surface area contributed by atoms with Gasteiger partial charge in [-0.2, -0.15) is 0 Å². The lowest BCUT2D eigenvalue weighted by Crippen LogP contribution is -2.30. The summed E-state index contributed by atoms with van der Waals surface area (Å²) in [4.78, 5) is 14.6. The second-order valence-electron chi connectivity index (χ2n) is 6.68. The molecule has 1 aliphatic heterocycles. The molecule has 3 aromatic rings. The zero-order valence-electron chi connectivity index (χ0n) is 14.9. The van der Waals surface area contributed by atoms with E-state index < -0.39 is 0 Å². The molecule has 0 atom stereocenters. The molecule has 0 radical (unpaired) electrons. The summed E-state index contributed by atoms with van der Waals surface area (Å²) in [6, 6.07) is 17.4. The van der Waals surface area contributed by atoms with E-state index in [-0.39, 0.29) is 17.8 Å². The Balaban J connectivity index is 1.40. The van der Waals surface area contributed by atoms with Crippen LogP contribution in [0.15, 0.2) is 70.1 Å². The monoisotopic (exact) mass is 381 g/mol. The maximum Gasteiger partial charge on any atom is 0.227 e. The van der Waals surface area contributed by atoms with Gasteiger partial charge >= 0.3 is 0 Å². The van der Waals surface area contributed by atoms with Crippen molar-refractivity contribution in [1.29, 1.82) is 0 Å². The Morgan fingerprint density at radius 3 is 2.67 bits per heavy atom. The number of hydrogen-bond donors (Lipinski definition) is 0. The predicted octanol–water partition coefficient (Wildman–Crippen LogP) is 4.43. The minimum absolute atomic E-state index is 0.180. The van der Waals surface area contributed by atoms with Crippen LogP contribution in [0.25, 0.3) is 0 Å². The van der Waals surface area contributed by atoms with Crippen LogP contribution in [0.1, 0.15) is 22.5 Å². The molecule has 0 amide bonds. The summed E-state index contributed by atoms with van der Waals surface area (Å²) < 4.78 is 11.2. The summed E-state index contributed by atoms with van der Waals surface area (Å²) in [6.45, 7) is 2.65. The topological polar surface area (TPSA) is 42.7 Å². The fraction of sp³-hybridized carbons (Fsp3) is 0.227. The summed E-state index contributed by atoms with van der Waals surface area (Å²) in [5.41, 5.74) is 3.39. The summed E-state index contributed by atoms with van der Waals surface area (Å²) in [5, 5.41) is 0.615. The molecule has 0 fully saturated rings. The number of halogens is 1. The third-order valence-corrected chi connectivity index (χ3v) is 5.15. The van der Waals surface area contributed by atoms with Gasteiger partial charge in [0, 0.05) is 29.7 Å². The smallest absolute Gasteiger partial charge is 0.227 e. The Morgan fingerprint density at radius 1 is 1.07 bits per heavy atom. The first kappa shape index (κ1) is 17.8. The highest BCUT2D eigenvalue weighted by Crippen LogP contribution is 2.21. The third kappa shape index (κ3) is 4.24. The summed E-state index contributed by atoms with van der Waals surface area (Å²) in [7, 11) is 0. The van der Waals surface area contributed by atoms with Crippen LogP contribution >= 0.6 is 11.6 Å². The Hall–Kier alpha value is -2.56. The van der Waals surface area contributed by atoms with Gasteiger partial charge < -0.3 is 9.15 Å². The number of rotatable bonds is 5. The number of ether oxygens (including phenoxy) is 1. The van der Waals surface area contributed by atoms with Gasteiger partial charge in [0.2, 0.25) is 11.2 Å². The average Bonchev–Trinajstić information content (AvgIpc) is 2.68. The second-order valence-corrected chi connectivity index (χ2v) is 7.09.